The van der Waals surface area contributed by atoms with Crippen molar-refractivity contribution in [3.8, 4) is 17.1 Å². The van der Waals surface area contributed by atoms with Crippen LogP contribution in [0, 0.1) is 6.92 Å². The number of hydrogen-bond acceptors (Lipinski definition) is 6. The number of methoxy groups -OCH3 is 1. The number of hydrogen-bond donors (Lipinski definition) is 0. The molecule has 1 unspecified atom stereocenters. The molecule has 1 atom stereocenters. The second kappa shape index (κ2) is 6.67. The highest BCUT2D eigenvalue weighted by molar-refractivity contribution is 5.93. The van der Waals surface area contributed by atoms with E-state index in [9.17, 15) is 4.79 Å². The lowest BCUT2D eigenvalue weighted by Gasteiger charge is -2.21. The van der Waals surface area contributed by atoms with E-state index in [-0.39, 0.29) is 11.9 Å². The van der Waals surface area contributed by atoms with Crippen LogP contribution in [-0.2, 0) is 0 Å². The number of ether oxygens (including phenoxy) is 1. The summed E-state index contributed by atoms with van der Waals surface area (Å²) >= 11 is 0. The standard InChI is InChI=1S/C19H19N3O4/c1-12-10-18(26-20-12)16-4-3-9-22(16)19(23)15-11-17(25-21-15)13-5-7-14(24-2)8-6-13/h5-8,10-11,16H,3-4,9H2,1-2H3. The zero-order chi connectivity index (χ0) is 18.1. The topological polar surface area (TPSA) is 81.6 Å². The Bertz CT molecular complexity index is 913. The number of amides is 1. The normalized spacial score (nSPS) is 16.8. The summed E-state index contributed by atoms with van der Waals surface area (Å²) in [6.07, 6.45) is 1.77. The van der Waals surface area contributed by atoms with Crippen molar-refractivity contribution >= 4 is 5.91 Å². The van der Waals surface area contributed by atoms with Crippen LogP contribution in [0.15, 0.2) is 45.4 Å². The molecule has 1 aliphatic heterocycles. The molecule has 26 heavy (non-hydrogen) atoms. The van der Waals surface area contributed by atoms with Crippen molar-refractivity contribution in [1.82, 2.24) is 15.2 Å². The molecule has 7 nitrogen and oxygen atoms in total. The Balaban J connectivity index is 1.55. The minimum Gasteiger partial charge on any atom is -0.497 e. The van der Waals surface area contributed by atoms with Crippen molar-refractivity contribution in [2.45, 2.75) is 25.8 Å². The monoisotopic (exact) mass is 353 g/mol. The zero-order valence-electron chi connectivity index (χ0n) is 14.6. The van der Waals surface area contributed by atoms with Gasteiger partial charge in [-0.3, -0.25) is 4.79 Å². The third-order valence-electron chi connectivity index (χ3n) is 4.59. The van der Waals surface area contributed by atoms with E-state index < -0.39 is 0 Å². The fourth-order valence-corrected chi connectivity index (χ4v) is 3.26. The molecule has 3 aromatic rings. The summed E-state index contributed by atoms with van der Waals surface area (Å²) in [6, 6.07) is 10.8. The van der Waals surface area contributed by atoms with Crippen molar-refractivity contribution in [3.63, 3.8) is 0 Å². The highest BCUT2D eigenvalue weighted by Gasteiger charge is 2.34. The maximum absolute atomic E-state index is 12.9. The first-order valence-electron chi connectivity index (χ1n) is 8.51. The Hall–Kier alpha value is -3.09. The first kappa shape index (κ1) is 16.4. The highest BCUT2D eigenvalue weighted by atomic mass is 16.5. The molecular formula is C19H19N3O4. The van der Waals surface area contributed by atoms with Crippen molar-refractivity contribution < 1.29 is 18.6 Å². The van der Waals surface area contributed by atoms with Crippen LogP contribution >= 0.6 is 0 Å². The largest absolute Gasteiger partial charge is 0.497 e. The lowest BCUT2D eigenvalue weighted by molar-refractivity contribution is 0.0704. The molecule has 1 aliphatic rings. The summed E-state index contributed by atoms with van der Waals surface area (Å²) in [4.78, 5) is 14.7. The van der Waals surface area contributed by atoms with Crippen LogP contribution in [-0.4, -0.2) is 34.8 Å². The van der Waals surface area contributed by atoms with Crippen LogP contribution in [0.1, 0.15) is 40.8 Å². The van der Waals surface area contributed by atoms with E-state index in [0.29, 0.717) is 23.8 Å². The second-order valence-electron chi connectivity index (χ2n) is 6.33. The predicted octanol–water partition coefficient (Wildman–Crippen LogP) is 3.62. The van der Waals surface area contributed by atoms with Gasteiger partial charge in [-0.05, 0) is 44.0 Å². The Morgan fingerprint density at radius 1 is 1.19 bits per heavy atom. The molecule has 1 fully saturated rings. The quantitative estimate of drug-likeness (QED) is 0.712. The summed E-state index contributed by atoms with van der Waals surface area (Å²) in [5.41, 5.74) is 1.93. The minimum absolute atomic E-state index is 0.107. The van der Waals surface area contributed by atoms with E-state index in [4.69, 9.17) is 13.8 Å². The lowest BCUT2D eigenvalue weighted by atomic mass is 10.1. The van der Waals surface area contributed by atoms with Gasteiger partial charge in [-0.1, -0.05) is 10.3 Å². The molecule has 0 saturated carbocycles. The van der Waals surface area contributed by atoms with Crippen LogP contribution in [0.25, 0.3) is 11.3 Å². The van der Waals surface area contributed by atoms with Gasteiger partial charge in [-0.15, -0.1) is 0 Å². The van der Waals surface area contributed by atoms with Gasteiger partial charge in [0.25, 0.3) is 5.91 Å². The van der Waals surface area contributed by atoms with Crippen LogP contribution in [0.5, 0.6) is 5.75 Å². The summed E-state index contributed by atoms with van der Waals surface area (Å²) in [7, 11) is 1.61. The number of carbonyl (C=O) groups excluding carboxylic acids is 1. The van der Waals surface area contributed by atoms with E-state index in [2.05, 4.69) is 10.3 Å². The number of nitrogens with zero attached hydrogens (tertiary/aromatic N) is 3. The molecule has 0 bridgehead atoms. The fourth-order valence-electron chi connectivity index (χ4n) is 3.26. The van der Waals surface area contributed by atoms with Gasteiger partial charge in [0.1, 0.15) is 5.75 Å². The molecule has 134 valence electrons. The Labute approximate surface area is 150 Å². The number of carbonyl (C=O) groups is 1. The van der Waals surface area contributed by atoms with E-state index >= 15 is 0 Å². The second-order valence-corrected chi connectivity index (χ2v) is 6.33. The molecule has 4 rings (SSSR count). The average molecular weight is 353 g/mol. The van der Waals surface area contributed by atoms with Gasteiger partial charge >= 0.3 is 0 Å². The van der Waals surface area contributed by atoms with Crippen LogP contribution in [0.4, 0.5) is 0 Å². The van der Waals surface area contributed by atoms with Crippen LogP contribution < -0.4 is 4.74 Å². The van der Waals surface area contributed by atoms with Gasteiger partial charge in [-0.25, -0.2) is 0 Å². The lowest BCUT2D eigenvalue weighted by Crippen LogP contribution is -2.30. The van der Waals surface area contributed by atoms with Crippen molar-refractivity contribution in [1.29, 1.82) is 0 Å². The third kappa shape index (κ3) is 2.96. The van der Waals surface area contributed by atoms with E-state index in [0.717, 1.165) is 29.8 Å². The summed E-state index contributed by atoms with van der Waals surface area (Å²) < 4.78 is 15.9. The minimum atomic E-state index is -0.162. The maximum atomic E-state index is 12.9. The number of likely N-dealkylation sites (tertiary alicyclic amines) is 1. The maximum Gasteiger partial charge on any atom is 0.276 e. The SMILES string of the molecule is COc1ccc(-c2cc(C(=O)N3CCCC3c3cc(C)no3)no2)cc1. The molecule has 0 radical (unpaired) electrons. The predicted molar refractivity (Wildman–Crippen MR) is 92.7 cm³/mol. The van der Waals surface area contributed by atoms with Gasteiger partial charge < -0.3 is 18.7 Å². The number of aryl methyl sites for hydroxylation is 1. The van der Waals surface area contributed by atoms with Crippen LogP contribution in [0.3, 0.4) is 0 Å². The molecule has 2 aromatic heterocycles. The molecular weight excluding hydrogens is 334 g/mol. The number of rotatable bonds is 4. The summed E-state index contributed by atoms with van der Waals surface area (Å²) in [5.74, 6) is 1.85. The van der Waals surface area contributed by atoms with Gasteiger partial charge in [0.05, 0.1) is 18.8 Å². The highest BCUT2D eigenvalue weighted by Crippen LogP contribution is 2.34. The fraction of sp³-hybridized carbons (Fsp3) is 0.316. The molecule has 0 spiro atoms. The molecule has 1 saturated heterocycles. The summed E-state index contributed by atoms with van der Waals surface area (Å²) in [5, 5.41) is 7.90. The van der Waals surface area contributed by atoms with E-state index in [1.807, 2.05) is 37.3 Å². The van der Waals surface area contributed by atoms with Gasteiger partial charge in [-0.2, -0.15) is 0 Å². The number of aromatic nitrogens is 2. The zero-order valence-corrected chi connectivity index (χ0v) is 14.6. The molecule has 3 heterocycles. The van der Waals surface area contributed by atoms with Crippen LogP contribution in [0.2, 0.25) is 0 Å². The molecule has 0 N–H and O–H groups in total. The Morgan fingerprint density at radius 3 is 2.69 bits per heavy atom. The first-order chi connectivity index (χ1) is 12.7. The van der Waals surface area contributed by atoms with Gasteiger partial charge in [0, 0.05) is 24.2 Å². The number of benzene rings is 1. The van der Waals surface area contributed by atoms with Crippen molar-refractivity contribution in [2.75, 3.05) is 13.7 Å². The Morgan fingerprint density at radius 2 is 2.00 bits per heavy atom. The smallest absolute Gasteiger partial charge is 0.276 e. The Kier molecular flexibility index (Phi) is 4.20. The molecule has 7 heteroatoms. The average Bonchev–Trinajstić information content (AvgIpc) is 3.41. The van der Waals surface area contributed by atoms with Crippen molar-refractivity contribution in [3.05, 3.63) is 53.5 Å². The van der Waals surface area contributed by atoms with E-state index in [1.165, 1.54) is 0 Å². The van der Waals surface area contributed by atoms with Gasteiger partial charge in [0.15, 0.2) is 17.2 Å². The summed E-state index contributed by atoms with van der Waals surface area (Å²) in [6.45, 7) is 2.53. The molecule has 1 aromatic carbocycles. The van der Waals surface area contributed by atoms with Crippen molar-refractivity contribution in [2.24, 2.45) is 0 Å². The molecule has 1 amide bonds. The van der Waals surface area contributed by atoms with Gasteiger partial charge in [0.2, 0.25) is 0 Å². The molecule has 0 aliphatic carbocycles. The van der Waals surface area contributed by atoms with E-state index in [1.54, 1.807) is 18.1 Å². The first-order valence-corrected chi connectivity index (χ1v) is 8.51. The third-order valence-corrected chi connectivity index (χ3v) is 4.59.